The minimum Gasteiger partial charge on any atom is -0.382 e. The zero-order valence-corrected chi connectivity index (χ0v) is 10.3. The summed E-state index contributed by atoms with van der Waals surface area (Å²) in [7, 11) is 0. The number of allylic oxidation sites excluding steroid dienone is 1. The molecule has 0 radical (unpaired) electrons. The van der Waals surface area contributed by atoms with Crippen molar-refractivity contribution in [3.63, 3.8) is 0 Å². The number of aryl methyl sites for hydroxylation is 1. The molecule has 0 saturated heterocycles. The topological polar surface area (TPSA) is 46.9 Å². The lowest BCUT2D eigenvalue weighted by Gasteiger charge is -2.07. The summed E-state index contributed by atoms with van der Waals surface area (Å²) in [6.45, 7) is 5.08. The molecule has 5 heteroatoms. The van der Waals surface area contributed by atoms with Crippen LogP contribution < -0.4 is 10.9 Å². The van der Waals surface area contributed by atoms with Crippen molar-refractivity contribution in [2.24, 2.45) is 0 Å². The zero-order valence-electron chi connectivity index (χ0n) is 9.53. The number of aromatic nitrogens is 2. The van der Waals surface area contributed by atoms with E-state index in [-0.39, 0.29) is 10.6 Å². The molecular formula is C11H16ClN3O. The summed E-state index contributed by atoms with van der Waals surface area (Å²) >= 11 is 5.94. The van der Waals surface area contributed by atoms with Crippen LogP contribution in [0.2, 0.25) is 5.02 Å². The second-order valence-electron chi connectivity index (χ2n) is 3.28. The maximum absolute atomic E-state index is 11.6. The molecule has 0 unspecified atom stereocenters. The minimum absolute atomic E-state index is 0.206. The molecule has 0 fully saturated rings. The molecule has 1 aromatic heterocycles. The Balaban J connectivity index is 2.75. The fourth-order valence-electron chi connectivity index (χ4n) is 1.27. The molecule has 1 rings (SSSR count). The third-order valence-electron chi connectivity index (χ3n) is 2.15. The molecule has 1 N–H and O–H groups in total. The SMILES string of the molecule is C/C=C/CCNc1cnn(CC)c(=O)c1Cl. The van der Waals surface area contributed by atoms with Gasteiger partial charge in [0.2, 0.25) is 0 Å². The average molecular weight is 242 g/mol. The van der Waals surface area contributed by atoms with Crippen LogP contribution in [0.4, 0.5) is 5.69 Å². The molecular weight excluding hydrogens is 226 g/mol. The number of anilines is 1. The van der Waals surface area contributed by atoms with E-state index in [0.29, 0.717) is 12.2 Å². The molecule has 0 saturated carbocycles. The number of nitrogens with zero attached hydrogens (tertiary/aromatic N) is 2. The van der Waals surface area contributed by atoms with Gasteiger partial charge in [-0.05, 0) is 20.3 Å². The maximum atomic E-state index is 11.6. The van der Waals surface area contributed by atoms with E-state index in [1.165, 1.54) is 4.68 Å². The highest BCUT2D eigenvalue weighted by Crippen LogP contribution is 2.14. The summed E-state index contributed by atoms with van der Waals surface area (Å²) in [6, 6.07) is 0. The van der Waals surface area contributed by atoms with Crippen LogP contribution in [0.1, 0.15) is 20.3 Å². The highest BCUT2D eigenvalue weighted by molar-refractivity contribution is 6.32. The summed E-state index contributed by atoms with van der Waals surface area (Å²) in [6.07, 6.45) is 6.50. The van der Waals surface area contributed by atoms with Crippen molar-refractivity contribution in [2.75, 3.05) is 11.9 Å². The first kappa shape index (κ1) is 12.8. The molecule has 0 atom stereocenters. The van der Waals surface area contributed by atoms with Gasteiger partial charge in [0, 0.05) is 13.1 Å². The molecule has 16 heavy (non-hydrogen) atoms. The largest absolute Gasteiger partial charge is 0.382 e. The summed E-state index contributed by atoms with van der Waals surface area (Å²) in [5, 5.41) is 7.28. The Morgan fingerprint density at radius 1 is 1.62 bits per heavy atom. The van der Waals surface area contributed by atoms with E-state index in [1.807, 2.05) is 26.0 Å². The van der Waals surface area contributed by atoms with Crippen LogP contribution in [-0.2, 0) is 6.54 Å². The predicted octanol–water partition coefficient (Wildman–Crippen LogP) is 2.29. The van der Waals surface area contributed by atoms with Gasteiger partial charge in [-0.3, -0.25) is 4.79 Å². The van der Waals surface area contributed by atoms with Crippen molar-refractivity contribution in [2.45, 2.75) is 26.8 Å². The third kappa shape index (κ3) is 3.10. The molecule has 0 spiro atoms. The second kappa shape index (κ2) is 6.33. The van der Waals surface area contributed by atoms with Crippen LogP contribution in [0.3, 0.4) is 0 Å². The lowest BCUT2D eigenvalue weighted by atomic mass is 10.3. The van der Waals surface area contributed by atoms with Crippen molar-refractivity contribution in [1.29, 1.82) is 0 Å². The van der Waals surface area contributed by atoms with Crippen LogP contribution >= 0.6 is 11.6 Å². The number of nitrogens with one attached hydrogen (secondary N) is 1. The van der Waals surface area contributed by atoms with Gasteiger partial charge in [-0.15, -0.1) is 0 Å². The fourth-order valence-corrected chi connectivity index (χ4v) is 1.48. The first-order valence-electron chi connectivity index (χ1n) is 5.31. The van der Waals surface area contributed by atoms with E-state index >= 15 is 0 Å². The summed E-state index contributed by atoms with van der Waals surface area (Å²) < 4.78 is 1.33. The van der Waals surface area contributed by atoms with Crippen LogP contribution in [0.5, 0.6) is 0 Å². The molecule has 0 bridgehead atoms. The van der Waals surface area contributed by atoms with Gasteiger partial charge in [-0.25, -0.2) is 4.68 Å². The Kier molecular flexibility index (Phi) is 5.05. The van der Waals surface area contributed by atoms with E-state index in [2.05, 4.69) is 10.4 Å². The van der Waals surface area contributed by atoms with Gasteiger partial charge < -0.3 is 5.32 Å². The van der Waals surface area contributed by atoms with Crippen molar-refractivity contribution in [3.8, 4) is 0 Å². The maximum Gasteiger partial charge on any atom is 0.287 e. The van der Waals surface area contributed by atoms with Gasteiger partial charge in [0.25, 0.3) is 5.56 Å². The average Bonchev–Trinajstić information content (AvgIpc) is 2.30. The van der Waals surface area contributed by atoms with Crippen LogP contribution in [0, 0.1) is 0 Å². The Labute approximate surface area is 99.9 Å². The van der Waals surface area contributed by atoms with E-state index in [9.17, 15) is 4.79 Å². The molecule has 0 aliphatic carbocycles. The monoisotopic (exact) mass is 241 g/mol. The molecule has 0 aliphatic heterocycles. The van der Waals surface area contributed by atoms with Crippen molar-refractivity contribution < 1.29 is 0 Å². The first-order chi connectivity index (χ1) is 7.70. The van der Waals surface area contributed by atoms with E-state index in [4.69, 9.17) is 11.6 Å². The normalized spacial score (nSPS) is 10.9. The Bertz CT molecular complexity index is 426. The smallest absolute Gasteiger partial charge is 0.287 e. The van der Waals surface area contributed by atoms with Crippen LogP contribution in [0.15, 0.2) is 23.1 Å². The van der Waals surface area contributed by atoms with Gasteiger partial charge in [0.05, 0.1) is 11.9 Å². The fraction of sp³-hybridized carbons (Fsp3) is 0.455. The van der Waals surface area contributed by atoms with E-state index < -0.39 is 0 Å². The van der Waals surface area contributed by atoms with Crippen LogP contribution in [-0.4, -0.2) is 16.3 Å². The Morgan fingerprint density at radius 3 is 3.00 bits per heavy atom. The lowest BCUT2D eigenvalue weighted by Crippen LogP contribution is -2.23. The van der Waals surface area contributed by atoms with Gasteiger partial charge in [-0.1, -0.05) is 23.8 Å². The number of hydrogen-bond donors (Lipinski definition) is 1. The number of rotatable bonds is 5. The molecule has 0 aromatic carbocycles. The number of hydrogen-bond acceptors (Lipinski definition) is 3. The minimum atomic E-state index is -0.250. The quantitative estimate of drug-likeness (QED) is 0.636. The number of halogens is 1. The second-order valence-corrected chi connectivity index (χ2v) is 3.66. The zero-order chi connectivity index (χ0) is 12.0. The van der Waals surface area contributed by atoms with Gasteiger partial charge in [0.15, 0.2) is 0 Å². The molecule has 0 aliphatic rings. The molecule has 0 amide bonds. The van der Waals surface area contributed by atoms with Crippen molar-refractivity contribution in [3.05, 3.63) is 33.7 Å². The molecule has 1 heterocycles. The third-order valence-corrected chi connectivity index (χ3v) is 2.51. The van der Waals surface area contributed by atoms with Gasteiger partial charge in [0.1, 0.15) is 5.02 Å². The standard InChI is InChI=1S/C11H16ClN3O/c1-3-5-6-7-13-9-8-14-15(4-2)11(16)10(9)12/h3,5,8,13H,4,6-7H2,1-2H3/b5-3+. The molecule has 1 aromatic rings. The molecule has 4 nitrogen and oxygen atoms in total. The van der Waals surface area contributed by atoms with Crippen LogP contribution in [0.25, 0.3) is 0 Å². The van der Waals surface area contributed by atoms with E-state index in [0.717, 1.165) is 13.0 Å². The predicted molar refractivity (Wildman–Crippen MR) is 67.1 cm³/mol. The summed E-state index contributed by atoms with van der Waals surface area (Å²) in [5.74, 6) is 0. The highest BCUT2D eigenvalue weighted by Gasteiger charge is 2.06. The first-order valence-corrected chi connectivity index (χ1v) is 5.69. The summed E-state index contributed by atoms with van der Waals surface area (Å²) in [5.41, 5.74) is 0.348. The highest BCUT2D eigenvalue weighted by atomic mass is 35.5. The van der Waals surface area contributed by atoms with Gasteiger partial charge in [-0.2, -0.15) is 5.10 Å². The molecule has 88 valence electrons. The van der Waals surface area contributed by atoms with Gasteiger partial charge >= 0.3 is 0 Å². The van der Waals surface area contributed by atoms with Crippen molar-refractivity contribution in [1.82, 2.24) is 9.78 Å². The van der Waals surface area contributed by atoms with E-state index in [1.54, 1.807) is 6.20 Å². The van der Waals surface area contributed by atoms with Crippen molar-refractivity contribution >= 4 is 17.3 Å². The Morgan fingerprint density at radius 2 is 2.38 bits per heavy atom. The summed E-state index contributed by atoms with van der Waals surface area (Å²) in [4.78, 5) is 11.6. The Hall–Kier alpha value is -1.29. The lowest BCUT2D eigenvalue weighted by molar-refractivity contribution is 0.616.